The monoisotopic (exact) mass is 379 g/mol. The first-order valence-corrected chi connectivity index (χ1v) is 7.32. The van der Waals surface area contributed by atoms with Crippen molar-refractivity contribution in [3.8, 4) is 11.4 Å². The number of benzene rings is 2. The number of nitrogens with two attached hydrogens (primary N) is 1. The highest BCUT2D eigenvalue weighted by molar-refractivity contribution is 9.10. The van der Waals surface area contributed by atoms with Crippen molar-refractivity contribution in [1.82, 2.24) is 9.55 Å². The first-order chi connectivity index (χ1) is 9.06. The zero-order chi connectivity index (χ0) is 13.6. The van der Waals surface area contributed by atoms with Crippen LogP contribution in [-0.4, -0.2) is 9.55 Å². The number of halogens is 2. The van der Waals surface area contributed by atoms with Gasteiger partial charge in [-0.15, -0.1) is 0 Å². The Kier molecular flexibility index (Phi) is 3.11. The Bertz CT molecular complexity index is 778. The third-order valence-corrected chi connectivity index (χ3v) is 4.26. The van der Waals surface area contributed by atoms with E-state index in [0.29, 0.717) is 0 Å². The van der Waals surface area contributed by atoms with Gasteiger partial charge in [0.25, 0.3) is 0 Å². The molecule has 2 N–H and O–H groups in total. The Hall–Kier alpha value is -1.33. The predicted octanol–water partition coefficient (Wildman–Crippen LogP) is 4.35. The second-order valence-corrected chi connectivity index (χ2v) is 6.14. The minimum atomic E-state index is 0.728. The highest BCUT2D eigenvalue weighted by atomic mass is 79.9. The van der Waals surface area contributed by atoms with Crippen molar-refractivity contribution in [2.24, 2.45) is 7.05 Å². The summed E-state index contributed by atoms with van der Waals surface area (Å²) >= 11 is 7.02. The van der Waals surface area contributed by atoms with Gasteiger partial charge in [-0.05, 0) is 36.4 Å². The van der Waals surface area contributed by atoms with Gasteiger partial charge >= 0.3 is 0 Å². The fraction of sp³-hybridized carbons (Fsp3) is 0.0714. The molecule has 19 heavy (non-hydrogen) atoms. The summed E-state index contributed by atoms with van der Waals surface area (Å²) < 4.78 is 4.08. The molecule has 0 saturated heterocycles. The van der Waals surface area contributed by atoms with Gasteiger partial charge in [0.1, 0.15) is 5.82 Å². The smallest absolute Gasteiger partial charge is 0.142 e. The summed E-state index contributed by atoms with van der Waals surface area (Å²) in [4.78, 5) is 4.69. The summed E-state index contributed by atoms with van der Waals surface area (Å²) in [7, 11) is 2.01. The Morgan fingerprint density at radius 3 is 2.68 bits per heavy atom. The van der Waals surface area contributed by atoms with E-state index < -0.39 is 0 Å². The topological polar surface area (TPSA) is 43.8 Å². The van der Waals surface area contributed by atoms with E-state index in [4.69, 9.17) is 10.7 Å². The normalized spacial score (nSPS) is 11.1. The van der Waals surface area contributed by atoms with Gasteiger partial charge in [0, 0.05) is 27.2 Å². The lowest BCUT2D eigenvalue weighted by atomic mass is 10.2. The van der Waals surface area contributed by atoms with Gasteiger partial charge in [-0.25, -0.2) is 4.98 Å². The summed E-state index contributed by atoms with van der Waals surface area (Å²) in [6.07, 6.45) is 0. The number of hydrogen-bond donors (Lipinski definition) is 1. The van der Waals surface area contributed by atoms with Crippen LogP contribution in [0.15, 0.2) is 45.3 Å². The molecular weight excluding hydrogens is 370 g/mol. The molecule has 3 rings (SSSR count). The van der Waals surface area contributed by atoms with E-state index in [1.807, 2.05) is 37.4 Å². The van der Waals surface area contributed by atoms with Crippen molar-refractivity contribution >= 4 is 48.6 Å². The number of aryl methyl sites for hydroxylation is 1. The second-order valence-electron chi connectivity index (χ2n) is 4.37. The lowest BCUT2D eigenvalue weighted by molar-refractivity contribution is 0.958. The molecule has 0 radical (unpaired) electrons. The van der Waals surface area contributed by atoms with E-state index >= 15 is 0 Å². The van der Waals surface area contributed by atoms with Gasteiger partial charge in [-0.3, -0.25) is 0 Å². The van der Waals surface area contributed by atoms with E-state index in [0.717, 1.165) is 37.1 Å². The van der Waals surface area contributed by atoms with Crippen molar-refractivity contribution < 1.29 is 0 Å². The number of fused-ring (bicyclic) bond motifs is 1. The fourth-order valence-electron chi connectivity index (χ4n) is 2.13. The largest absolute Gasteiger partial charge is 0.399 e. The maximum atomic E-state index is 5.87. The molecule has 96 valence electrons. The van der Waals surface area contributed by atoms with Crippen LogP contribution < -0.4 is 5.73 Å². The molecule has 0 aliphatic rings. The standard InChI is InChI=1S/C14H11Br2N3/c1-19-13-5-2-8(15)6-12(13)18-14(19)10-7-9(17)3-4-11(10)16/h2-7H,17H2,1H3. The van der Waals surface area contributed by atoms with Crippen LogP contribution >= 0.6 is 31.9 Å². The third-order valence-electron chi connectivity index (χ3n) is 3.07. The Morgan fingerprint density at radius 1 is 1.11 bits per heavy atom. The Balaban J connectivity index is 2.30. The summed E-state index contributed by atoms with van der Waals surface area (Å²) in [5.74, 6) is 0.896. The number of aromatic nitrogens is 2. The van der Waals surface area contributed by atoms with Crippen molar-refractivity contribution in [3.63, 3.8) is 0 Å². The Morgan fingerprint density at radius 2 is 1.89 bits per heavy atom. The molecule has 0 fully saturated rings. The number of rotatable bonds is 1. The maximum absolute atomic E-state index is 5.87. The average Bonchev–Trinajstić information content (AvgIpc) is 2.69. The molecule has 0 bridgehead atoms. The first-order valence-electron chi connectivity index (χ1n) is 5.73. The summed E-state index contributed by atoms with van der Waals surface area (Å²) in [5, 5.41) is 0. The average molecular weight is 381 g/mol. The Labute approximate surface area is 127 Å². The van der Waals surface area contributed by atoms with Crippen LogP contribution in [0.1, 0.15) is 0 Å². The van der Waals surface area contributed by atoms with Crippen molar-refractivity contribution in [2.45, 2.75) is 0 Å². The van der Waals surface area contributed by atoms with Crippen LogP contribution in [0.25, 0.3) is 22.4 Å². The van der Waals surface area contributed by atoms with Gasteiger partial charge in [0.15, 0.2) is 0 Å². The molecule has 0 spiro atoms. The summed E-state index contributed by atoms with van der Waals surface area (Å²) in [6.45, 7) is 0. The van der Waals surface area contributed by atoms with Crippen LogP contribution in [0.3, 0.4) is 0 Å². The molecule has 2 aromatic carbocycles. The maximum Gasteiger partial charge on any atom is 0.142 e. The van der Waals surface area contributed by atoms with Crippen LogP contribution in [-0.2, 0) is 7.05 Å². The molecule has 0 aliphatic heterocycles. The molecule has 3 aromatic rings. The minimum absolute atomic E-state index is 0.728. The zero-order valence-electron chi connectivity index (χ0n) is 10.2. The van der Waals surface area contributed by atoms with Crippen LogP contribution in [0.4, 0.5) is 5.69 Å². The van der Waals surface area contributed by atoms with Crippen molar-refractivity contribution in [1.29, 1.82) is 0 Å². The highest BCUT2D eigenvalue weighted by Gasteiger charge is 2.13. The lowest BCUT2D eigenvalue weighted by Gasteiger charge is -2.06. The van der Waals surface area contributed by atoms with Crippen LogP contribution in [0, 0.1) is 0 Å². The van der Waals surface area contributed by atoms with Gasteiger partial charge < -0.3 is 10.3 Å². The molecular formula is C14H11Br2N3. The number of nitrogen functional groups attached to an aromatic ring is 1. The fourth-order valence-corrected chi connectivity index (χ4v) is 2.90. The number of hydrogen-bond acceptors (Lipinski definition) is 2. The van der Waals surface area contributed by atoms with E-state index in [1.165, 1.54) is 0 Å². The summed E-state index contributed by atoms with van der Waals surface area (Å²) in [5.41, 5.74) is 9.64. The molecule has 1 heterocycles. The number of imidazole rings is 1. The molecule has 5 heteroatoms. The summed E-state index contributed by atoms with van der Waals surface area (Å²) in [6, 6.07) is 11.8. The molecule has 0 amide bonds. The van der Waals surface area contributed by atoms with Gasteiger partial charge in [0.2, 0.25) is 0 Å². The first kappa shape index (κ1) is 12.7. The van der Waals surface area contributed by atoms with E-state index in [-0.39, 0.29) is 0 Å². The quantitative estimate of drug-likeness (QED) is 0.638. The molecule has 0 saturated carbocycles. The lowest BCUT2D eigenvalue weighted by Crippen LogP contribution is -1.94. The van der Waals surface area contributed by atoms with E-state index in [9.17, 15) is 0 Å². The molecule has 3 nitrogen and oxygen atoms in total. The molecule has 0 atom stereocenters. The van der Waals surface area contributed by atoms with Crippen LogP contribution in [0.5, 0.6) is 0 Å². The van der Waals surface area contributed by atoms with E-state index in [2.05, 4.69) is 42.5 Å². The van der Waals surface area contributed by atoms with Gasteiger partial charge in [-0.2, -0.15) is 0 Å². The van der Waals surface area contributed by atoms with Crippen LogP contribution in [0.2, 0.25) is 0 Å². The SMILES string of the molecule is Cn1c(-c2cc(N)ccc2Br)nc2cc(Br)ccc21. The minimum Gasteiger partial charge on any atom is -0.399 e. The molecule has 1 aromatic heterocycles. The van der Waals surface area contributed by atoms with Gasteiger partial charge in [0.05, 0.1) is 11.0 Å². The molecule has 0 aliphatic carbocycles. The van der Waals surface area contributed by atoms with Crippen molar-refractivity contribution in [3.05, 3.63) is 45.3 Å². The molecule has 0 unspecified atom stereocenters. The van der Waals surface area contributed by atoms with Gasteiger partial charge in [-0.1, -0.05) is 31.9 Å². The highest BCUT2D eigenvalue weighted by Crippen LogP contribution is 2.32. The van der Waals surface area contributed by atoms with E-state index in [1.54, 1.807) is 0 Å². The second kappa shape index (κ2) is 4.65. The number of nitrogens with zero attached hydrogens (tertiary/aromatic N) is 2. The zero-order valence-corrected chi connectivity index (χ0v) is 13.4. The number of anilines is 1. The van der Waals surface area contributed by atoms with Crippen molar-refractivity contribution in [2.75, 3.05) is 5.73 Å². The predicted molar refractivity (Wildman–Crippen MR) is 86.0 cm³/mol. The third kappa shape index (κ3) is 2.17.